The first-order valence-corrected chi connectivity index (χ1v) is 5.84. The monoisotopic (exact) mass is 259 g/mol. The fourth-order valence-corrected chi connectivity index (χ4v) is 1.44. The van der Waals surface area contributed by atoms with Crippen LogP contribution in [-0.4, -0.2) is 31.5 Å². The summed E-state index contributed by atoms with van der Waals surface area (Å²) in [7, 11) is 0. The zero-order chi connectivity index (χ0) is 11.6. The van der Waals surface area contributed by atoms with Gasteiger partial charge in [0.05, 0.1) is 19.8 Å². The summed E-state index contributed by atoms with van der Waals surface area (Å²) in [6.45, 7) is 5.01. The summed E-state index contributed by atoms with van der Waals surface area (Å²) in [5.41, 5.74) is 2.66. The number of nitrogens with one attached hydrogen (secondary N) is 1. The lowest BCUT2D eigenvalue weighted by Crippen LogP contribution is -2.19. The Kier molecular flexibility index (Phi) is 10.2. The third-order valence-corrected chi connectivity index (χ3v) is 2.42. The molecular formula is C13H22ClNO2. The topological polar surface area (TPSA) is 41.5 Å². The normalized spacial score (nSPS) is 10.0. The molecule has 3 nitrogen and oxygen atoms in total. The number of aliphatic hydroxyl groups is 1. The van der Waals surface area contributed by atoms with Crippen LogP contribution in [-0.2, 0) is 17.7 Å². The summed E-state index contributed by atoms with van der Waals surface area (Å²) >= 11 is 0. The van der Waals surface area contributed by atoms with Crippen molar-refractivity contribution in [1.29, 1.82) is 0 Å². The Bertz CT molecular complexity index is 277. The van der Waals surface area contributed by atoms with E-state index in [9.17, 15) is 0 Å². The molecule has 0 aliphatic rings. The highest BCUT2D eigenvalue weighted by Crippen LogP contribution is 2.04. The Morgan fingerprint density at radius 2 is 1.76 bits per heavy atom. The maximum absolute atomic E-state index is 8.50. The minimum absolute atomic E-state index is 0. The molecule has 1 aromatic carbocycles. The molecule has 0 atom stereocenters. The van der Waals surface area contributed by atoms with E-state index in [2.05, 4.69) is 36.5 Å². The van der Waals surface area contributed by atoms with Gasteiger partial charge in [0.25, 0.3) is 0 Å². The van der Waals surface area contributed by atoms with Crippen LogP contribution in [0.25, 0.3) is 0 Å². The van der Waals surface area contributed by atoms with E-state index in [-0.39, 0.29) is 19.0 Å². The highest BCUT2D eigenvalue weighted by Gasteiger charge is 1.93. The van der Waals surface area contributed by atoms with Crippen molar-refractivity contribution in [3.8, 4) is 0 Å². The van der Waals surface area contributed by atoms with E-state index in [0.29, 0.717) is 13.2 Å². The molecule has 1 aromatic rings. The molecule has 4 heteroatoms. The number of benzene rings is 1. The van der Waals surface area contributed by atoms with Gasteiger partial charge >= 0.3 is 0 Å². The molecule has 0 aliphatic carbocycles. The molecule has 0 amide bonds. The van der Waals surface area contributed by atoms with Gasteiger partial charge in [0.15, 0.2) is 0 Å². The second kappa shape index (κ2) is 10.5. The second-order valence-electron chi connectivity index (χ2n) is 3.68. The highest BCUT2D eigenvalue weighted by molar-refractivity contribution is 5.85. The Morgan fingerprint density at radius 1 is 1.12 bits per heavy atom. The van der Waals surface area contributed by atoms with Crippen LogP contribution >= 0.6 is 12.4 Å². The average molecular weight is 260 g/mol. The van der Waals surface area contributed by atoms with E-state index in [1.807, 2.05) is 0 Å². The molecule has 0 bridgehead atoms. The number of aryl methyl sites for hydroxylation is 1. The Morgan fingerprint density at radius 3 is 2.35 bits per heavy atom. The third-order valence-electron chi connectivity index (χ3n) is 2.42. The van der Waals surface area contributed by atoms with Crippen molar-refractivity contribution in [2.75, 3.05) is 26.4 Å². The van der Waals surface area contributed by atoms with Gasteiger partial charge in [-0.15, -0.1) is 12.4 Å². The first-order valence-electron chi connectivity index (χ1n) is 5.84. The number of aliphatic hydroxyl groups excluding tert-OH is 1. The Balaban J connectivity index is 0.00000256. The molecule has 1 rings (SSSR count). The molecule has 17 heavy (non-hydrogen) atoms. The van der Waals surface area contributed by atoms with Crippen LogP contribution in [0, 0.1) is 0 Å². The van der Waals surface area contributed by atoms with Crippen LogP contribution in [0.15, 0.2) is 24.3 Å². The summed E-state index contributed by atoms with van der Waals surface area (Å²) in [5, 5.41) is 11.8. The lowest BCUT2D eigenvalue weighted by Gasteiger charge is -2.06. The minimum Gasteiger partial charge on any atom is -0.394 e. The van der Waals surface area contributed by atoms with Crippen molar-refractivity contribution in [1.82, 2.24) is 5.32 Å². The fourth-order valence-electron chi connectivity index (χ4n) is 1.44. The van der Waals surface area contributed by atoms with Crippen molar-refractivity contribution in [2.24, 2.45) is 0 Å². The third kappa shape index (κ3) is 7.34. The first kappa shape index (κ1) is 16.4. The van der Waals surface area contributed by atoms with Crippen molar-refractivity contribution < 1.29 is 9.84 Å². The minimum atomic E-state index is 0. The molecule has 0 saturated heterocycles. The maximum atomic E-state index is 8.50. The first-order chi connectivity index (χ1) is 7.86. The van der Waals surface area contributed by atoms with E-state index >= 15 is 0 Å². The summed E-state index contributed by atoms with van der Waals surface area (Å²) in [6.07, 6.45) is 1.09. The van der Waals surface area contributed by atoms with Crippen molar-refractivity contribution in [2.45, 2.75) is 19.9 Å². The quantitative estimate of drug-likeness (QED) is 0.700. The van der Waals surface area contributed by atoms with Crippen molar-refractivity contribution >= 4 is 12.4 Å². The number of ether oxygens (including phenoxy) is 1. The number of hydrogen-bond donors (Lipinski definition) is 2. The van der Waals surface area contributed by atoms with Gasteiger partial charge in [-0.05, 0) is 17.5 Å². The van der Waals surface area contributed by atoms with E-state index in [1.54, 1.807) is 0 Å². The second-order valence-corrected chi connectivity index (χ2v) is 3.68. The summed E-state index contributed by atoms with van der Waals surface area (Å²) < 4.78 is 5.14. The van der Waals surface area contributed by atoms with Gasteiger partial charge in [-0.2, -0.15) is 0 Å². The van der Waals surface area contributed by atoms with E-state index in [4.69, 9.17) is 9.84 Å². The van der Waals surface area contributed by atoms with Crippen LogP contribution < -0.4 is 5.32 Å². The molecule has 0 unspecified atom stereocenters. The van der Waals surface area contributed by atoms with E-state index < -0.39 is 0 Å². The van der Waals surface area contributed by atoms with Crippen LogP contribution in [0.1, 0.15) is 18.1 Å². The van der Waals surface area contributed by atoms with E-state index in [1.165, 1.54) is 11.1 Å². The molecule has 0 aliphatic heterocycles. The molecule has 0 fully saturated rings. The summed E-state index contributed by atoms with van der Waals surface area (Å²) in [4.78, 5) is 0. The van der Waals surface area contributed by atoms with Gasteiger partial charge in [-0.25, -0.2) is 0 Å². The van der Waals surface area contributed by atoms with Crippen molar-refractivity contribution in [3.63, 3.8) is 0 Å². The molecule has 98 valence electrons. The largest absolute Gasteiger partial charge is 0.394 e. The van der Waals surface area contributed by atoms with Crippen LogP contribution in [0.4, 0.5) is 0 Å². The van der Waals surface area contributed by atoms with Crippen LogP contribution in [0.3, 0.4) is 0 Å². The highest BCUT2D eigenvalue weighted by atomic mass is 35.5. The standard InChI is InChI=1S/C13H21NO2.ClH/c1-2-12-3-5-13(6-4-12)11-14-7-9-16-10-8-15;/h3-6,14-15H,2,7-11H2,1H3;1H. The average Bonchev–Trinajstić information content (AvgIpc) is 2.34. The molecule has 0 heterocycles. The van der Waals surface area contributed by atoms with Crippen LogP contribution in [0.5, 0.6) is 0 Å². The number of hydrogen-bond acceptors (Lipinski definition) is 3. The predicted octanol–water partition coefficient (Wildman–Crippen LogP) is 1.77. The molecule has 0 spiro atoms. The maximum Gasteiger partial charge on any atom is 0.0698 e. The number of rotatable bonds is 8. The number of halogens is 1. The fraction of sp³-hybridized carbons (Fsp3) is 0.538. The van der Waals surface area contributed by atoms with Gasteiger partial charge in [0, 0.05) is 13.1 Å². The summed E-state index contributed by atoms with van der Waals surface area (Å²) in [6, 6.07) is 8.64. The smallest absolute Gasteiger partial charge is 0.0698 e. The lowest BCUT2D eigenvalue weighted by molar-refractivity contribution is 0.0938. The van der Waals surface area contributed by atoms with Gasteiger partial charge in [-0.1, -0.05) is 31.2 Å². The van der Waals surface area contributed by atoms with Crippen LogP contribution in [0.2, 0.25) is 0 Å². The SMILES string of the molecule is CCc1ccc(CNCCOCCO)cc1.Cl. The molecule has 0 saturated carbocycles. The van der Waals surface area contributed by atoms with Gasteiger partial charge in [0.1, 0.15) is 0 Å². The zero-order valence-electron chi connectivity index (χ0n) is 10.3. The van der Waals surface area contributed by atoms with Gasteiger partial charge in [-0.3, -0.25) is 0 Å². The molecule has 0 aromatic heterocycles. The summed E-state index contributed by atoms with van der Waals surface area (Å²) in [5.74, 6) is 0. The molecular weight excluding hydrogens is 238 g/mol. The predicted molar refractivity (Wildman–Crippen MR) is 72.7 cm³/mol. The lowest BCUT2D eigenvalue weighted by atomic mass is 10.1. The molecule has 0 radical (unpaired) electrons. The molecule has 2 N–H and O–H groups in total. The Hall–Kier alpha value is -0.610. The Labute approximate surface area is 110 Å². The van der Waals surface area contributed by atoms with Gasteiger partial charge in [0.2, 0.25) is 0 Å². The van der Waals surface area contributed by atoms with Gasteiger partial charge < -0.3 is 15.2 Å². The van der Waals surface area contributed by atoms with E-state index in [0.717, 1.165) is 19.5 Å². The zero-order valence-corrected chi connectivity index (χ0v) is 11.1. The van der Waals surface area contributed by atoms with Crippen molar-refractivity contribution in [3.05, 3.63) is 35.4 Å².